The highest BCUT2D eigenvalue weighted by molar-refractivity contribution is 6.20. The van der Waals surface area contributed by atoms with Crippen molar-refractivity contribution in [1.82, 2.24) is 9.55 Å². The van der Waals surface area contributed by atoms with Crippen LogP contribution in [0.3, 0.4) is 0 Å². The molecule has 2 aliphatic carbocycles. The molecule has 2 unspecified atom stereocenters. The molecule has 4 nitrogen and oxygen atoms in total. The second kappa shape index (κ2) is 10.2. The normalized spacial score (nSPS) is 17.4. The number of benzene rings is 6. The summed E-state index contributed by atoms with van der Waals surface area (Å²) in [6, 6.07) is 39.3. The van der Waals surface area contributed by atoms with Crippen molar-refractivity contribution in [3.8, 4) is 17.1 Å². The number of hydrogen-bond donors (Lipinski definition) is 0. The molecule has 2 atom stereocenters. The smallest absolute Gasteiger partial charge is 0.307 e. The van der Waals surface area contributed by atoms with Gasteiger partial charge in [-0.15, -0.1) is 0 Å². The molecule has 3 heterocycles. The molecule has 11 rings (SSSR count). The number of rotatable bonds is 3. The topological polar surface area (TPSA) is 44.1 Å². The van der Waals surface area contributed by atoms with Crippen molar-refractivity contribution in [2.75, 3.05) is 0 Å². The molecule has 0 amide bonds. The fourth-order valence-corrected chi connectivity index (χ4v) is 8.30. The quantitative estimate of drug-likeness (QED) is 0.195. The fraction of sp³-hybridized carbons (Fsp3) is 0.0889. The summed E-state index contributed by atoms with van der Waals surface area (Å²) in [4.78, 5) is 5.36. The molecule has 0 aliphatic heterocycles. The molecule has 0 N–H and O–H groups in total. The minimum atomic E-state index is 0.514. The Hall–Kier alpha value is -6.13. The van der Waals surface area contributed by atoms with Crippen LogP contribution in [0, 0.1) is 11.8 Å². The Morgan fingerprint density at radius 3 is 2.39 bits per heavy atom. The maximum absolute atomic E-state index is 6.94. The van der Waals surface area contributed by atoms with Crippen molar-refractivity contribution in [3.63, 3.8) is 0 Å². The number of furan rings is 1. The summed E-state index contributed by atoms with van der Waals surface area (Å²) in [5.74, 6) is 1.07. The highest BCUT2D eigenvalue weighted by atomic mass is 16.4. The lowest BCUT2D eigenvalue weighted by Gasteiger charge is -2.26. The van der Waals surface area contributed by atoms with Crippen molar-refractivity contribution in [1.29, 1.82) is 0 Å². The zero-order valence-electron chi connectivity index (χ0n) is 26.6. The average molecular weight is 631 g/mol. The molecule has 0 fully saturated rings. The van der Waals surface area contributed by atoms with Gasteiger partial charge in [-0.05, 0) is 88.5 Å². The van der Waals surface area contributed by atoms with Crippen LogP contribution in [0.15, 0.2) is 148 Å². The number of para-hydroxylation sites is 2. The van der Waals surface area contributed by atoms with Gasteiger partial charge in [0, 0.05) is 21.7 Å². The van der Waals surface area contributed by atoms with Crippen molar-refractivity contribution in [3.05, 3.63) is 151 Å². The maximum atomic E-state index is 6.94. The van der Waals surface area contributed by atoms with Gasteiger partial charge in [-0.3, -0.25) is 4.57 Å². The average Bonchev–Trinajstić information content (AvgIpc) is 3.85. The lowest BCUT2D eigenvalue weighted by Crippen LogP contribution is -2.16. The Morgan fingerprint density at radius 1 is 0.653 bits per heavy atom. The van der Waals surface area contributed by atoms with E-state index in [4.69, 9.17) is 13.8 Å². The van der Waals surface area contributed by atoms with Gasteiger partial charge < -0.3 is 8.83 Å². The van der Waals surface area contributed by atoms with Gasteiger partial charge in [-0.25, -0.2) is 0 Å². The fourth-order valence-electron chi connectivity index (χ4n) is 8.30. The first kappa shape index (κ1) is 26.9. The lowest BCUT2D eigenvalue weighted by molar-refractivity contribution is 0.471. The van der Waals surface area contributed by atoms with Gasteiger partial charge in [0.15, 0.2) is 5.58 Å². The van der Waals surface area contributed by atoms with Gasteiger partial charge in [-0.2, -0.15) is 4.98 Å². The number of nitrogens with zero attached hydrogens (tertiary/aromatic N) is 2. The third-order valence-corrected chi connectivity index (χ3v) is 10.7. The van der Waals surface area contributed by atoms with Crippen molar-refractivity contribution in [2.45, 2.75) is 12.8 Å². The monoisotopic (exact) mass is 630 g/mol. The Balaban J connectivity index is 1.15. The molecule has 0 bridgehead atoms. The number of fused-ring (bicyclic) bond motifs is 10. The summed E-state index contributed by atoms with van der Waals surface area (Å²) in [5.41, 5.74) is 10.1. The van der Waals surface area contributed by atoms with Gasteiger partial charge in [0.2, 0.25) is 0 Å². The minimum absolute atomic E-state index is 0.514. The molecular formula is C45H30N2O2. The Kier molecular flexibility index (Phi) is 5.59. The van der Waals surface area contributed by atoms with Gasteiger partial charge >= 0.3 is 6.01 Å². The number of oxazole rings is 1. The van der Waals surface area contributed by atoms with Crippen LogP contribution in [0.4, 0.5) is 0 Å². The summed E-state index contributed by atoms with van der Waals surface area (Å²) in [6.07, 6.45) is 15.8. The van der Waals surface area contributed by atoms with E-state index in [1.54, 1.807) is 0 Å². The van der Waals surface area contributed by atoms with Gasteiger partial charge in [0.05, 0.1) is 16.4 Å². The van der Waals surface area contributed by atoms with Crippen LogP contribution in [0.5, 0.6) is 0 Å². The van der Waals surface area contributed by atoms with E-state index in [9.17, 15) is 0 Å². The molecular weight excluding hydrogens is 601 g/mol. The summed E-state index contributed by atoms with van der Waals surface area (Å²) in [7, 11) is 0. The Labute approximate surface area is 281 Å². The molecule has 49 heavy (non-hydrogen) atoms. The van der Waals surface area contributed by atoms with Crippen molar-refractivity contribution >= 4 is 71.7 Å². The molecule has 0 saturated carbocycles. The van der Waals surface area contributed by atoms with Gasteiger partial charge in [0.1, 0.15) is 16.7 Å². The maximum Gasteiger partial charge on any atom is 0.307 e. The molecule has 9 aromatic rings. The highest BCUT2D eigenvalue weighted by Crippen LogP contribution is 2.43. The van der Waals surface area contributed by atoms with Gasteiger partial charge in [0.25, 0.3) is 0 Å². The lowest BCUT2D eigenvalue weighted by atomic mass is 9.78. The number of aromatic nitrogens is 2. The molecule has 0 radical (unpaired) electrons. The summed E-state index contributed by atoms with van der Waals surface area (Å²) < 4.78 is 15.6. The van der Waals surface area contributed by atoms with E-state index < -0.39 is 0 Å². The van der Waals surface area contributed by atoms with Crippen molar-refractivity contribution in [2.24, 2.45) is 11.8 Å². The summed E-state index contributed by atoms with van der Waals surface area (Å²) in [5, 5.41) is 6.72. The van der Waals surface area contributed by atoms with E-state index in [1.165, 1.54) is 32.7 Å². The van der Waals surface area contributed by atoms with E-state index in [-0.39, 0.29) is 0 Å². The zero-order chi connectivity index (χ0) is 32.1. The Morgan fingerprint density at radius 2 is 1.49 bits per heavy atom. The molecule has 0 spiro atoms. The first-order chi connectivity index (χ1) is 24.3. The predicted octanol–water partition coefficient (Wildman–Crippen LogP) is 12.0. The minimum Gasteiger partial charge on any atom is -0.456 e. The van der Waals surface area contributed by atoms with Crippen LogP contribution in [-0.4, -0.2) is 9.55 Å². The number of hydrogen-bond acceptors (Lipinski definition) is 3. The van der Waals surface area contributed by atoms with E-state index in [1.807, 2.05) is 12.1 Å². The molecule has 3 aromatic heterocycles. The standard InChI is InChI=1S/C45H30N2O2/c1-2-10-27(11-3-1)30-18-19-32-23-33(21-20-31(32)22-30)36-26-41-42(35-15-7-9-17-40(35)48-41)44-43(36)46-45(49-44)47-38-16-8-6-14-34(38)37-24-28-12-4-5-13-29(28)25-39(37)47/h1-10,12-21,23-27,30H,11,22H2. The first-order valence-corrected chi connectivity index (χ1v) is 17.1. The SMILES string of the molecule is C1=CCC(C2C=Cc3cc(-c4cc5oc6ccccc6c5c5oc(-n6c7ccccc7c7cc8ccccc8cc76)nc45)ccc3C2)C=C1. The molecule has 4 heteroatoms. The second-order valence-corrected chi connectivity index (χ2v) is 13.5. The molecule has 6 aromatic carbocycles. The van der Waals surface area contributed by atoms with Crippen LogP contribution >= 0.6 is 0 Å². The second-order valence-electron chi connectivity index (χ2n) is 13.5. The van der Waals surface area contributed by atoms with Crippen LogP contribution in [0.2, 0.25) is 0 Å². The van der Waals surface area contributed by atoms with E-state index >= 15 is 0 Å². The van der Waals surface area contributed by atoms with Gasteiger partial charge in [-0.1, -0.05) is 109 Å². The summed E-state index contributed by atoms with van der Waals surface area (Å²) in [6.45, 7) is 0. The molecule has 0 saturated heterocycles. The van der Waals surface area contributed by atoms with Crippen LogP contribution in [0.25, 0.3) is 88.8 Å². The van der Waals surface area contributed by atoms with Crippen LogP contribution in [0.1, 0.15) is 17.5 Å². The largest absolute Gasteiger partial charge is 0.456 e. The van der Waals surface area contributed by atoms with E-state index in [2.05, 4.69) is 138 Å². The van der Waals surface area contributed by atoms with E-state index in [0.29, 0.717) is 17.9 Å². The van der Waals surface area contributed by atoms with E-state index in [0.717, 1.165) is 68.0 Å². The third-order valence-electron chi connectivity index (χ3n) is 10.7. The highest BCUT2D eigenvalue weighted by Gasteiger charge is 2.25. The predicted molar refractivity (Wildman–Crippen MR) is 201 cm³/mol. The first-order valence-electron chi connectivity index (χ1n) is 17.1. The van der Waals surface area contributed by atoms with Crippen molar-refractivity contribution < 1.29 is 8.83 Å². The number of allylic oxidation sites excluding steroid dienone is 5. The molecule has 2 aliphatic rings. The third kappa shape index (κ3) is 4.01. The zero-order valence-corrected chi connectivity index (χ0v) is 26.6. The molecule has 232 valence electrons. The Bertz CT molecular complexity index is 2910. The summed E-state index contributed by atoms with van der Waals surface area (Å²) >= 11 is 0. The van der Waals surface area contributed by atoms with Crippen LogP contribution in [-0.2, 0) is 6.42 Å². The van der Waals surface area contributed by atoms with Crippen LogP contribution < -0.4 is 0 Å².